The highest BCUT2D eigenvalue weighted by atomic mass is 35.5. The number of nitrogens with zero attached hydrogens (tertiary/aromatic N) is 4. The van der Waals surface area contributed by atoms with Gasteiger partial charge in [-0.15, -0.1) is 5.10 Å². The molecule has 0 saturated carbocycles. The van der Waals surface area contributed by atoms with Crippen LogP contribution in [0, 0.1) is 6.92 Å². The smallest absolute Gasteiger partial charge is 0.261 e. The molecule has 0 aliphatic heterocycles. The van der Waals surface area contributed by atoms with Gasteiger partial charge >= 0.3 is 0 Å². The molecule has 2 heterocycles. The number of para-hydroxylation sites is 1. The minimum Gasteiger partial charge on any atom is -0.462 e. The summed E-state index contributed by atoms with van der Waals surface area (Å²) in [5, 5.41) is 11.7. The predicted molar refractivity (Wildman–Crippen MR) is 98.5 cm³/mol. The fourth-order valence-corrected chi connectivity index (χ4v) is 2.57. The lowest BCUT2D eigenvalue weighted by Gasteiger charge is -2.12. The zero-order valence-corrected chi connectivity index (χ0v) is 15.6. The third-order valence-electron chi connectivity index (χ3n) is 3.92. The SMILES string of the molecule is Cc1cc(CNC(=O)C(C)Oc2nn(-c3ccccc3)cc2Cl)nn1C. The number of carbonyl (C=O) groups excluding carboxylic acids is 1. The minimum absolute atomic E-state index is 0.215. The van der Waals surface area contributed by atoms with E-state index in [4.69, 9.17) is 16.3 Å². The van der Waals surface area contributed by atoms with Crippen molar-refractivity contribution in [3.8, 4) is 11.6 Å². The minimum atomic E-state index is -0.739. The Bertz CT molecular complexity index is 884. The number of nitrogens with one attached hydrogen (secondary N) is 1. The van der Waals surface area contributed by atoms with Crippen molar-refractivity contribution in [1.29, 1.82) is 0 Å². The van der Waals surface area contributed by atoms with E-state index in [1.165, 1.54) is 0 Å². The Labute approximate surface area is 156 Å². The number of aryl methyl sites for hydroxylation is 2. The van der Waals surface area contributed by atoms with Crippen molar-refractivity contribution in [3.63, 3.8) is 0 Å². The van der Waals surface area contributed by atoms with Crippen molar-refractivity contribution in [1.82, 2.24) is 24.9 Å². The molecule has 0 bridgehead atoms. The number of rotatable bonds is 6. The van der Waals surface area contributed by atoms with E-state index >= 15 is 0 Å². The summed E-state index contributed by atoms with van der Waals surface area (Å²) in [5.74, 6) is -0.0505. The van der Waals surface area contributed by atoms with Crippen LogP contribution in [-0.4, -0.2) is 31.6 Å². The van der Waals surface area contributed by atoms with Gasteiger partial charge < -0.3 is 10.1 Å². The Hall–Kier alpha value is -2.80. The van der Waals surface area contributed by atoms with Crippen LogP contribution in [0.15, 0.2) is 42.6 Å². The fraction of sp³-hybridized carbons (Fsp3) is 0.278. The number of benzene rings is 1. The second-order valence-electron chi connectivity index (χ2n) is 5.94. The first kappa shape index (κ1) is 18.0. The van der Waals surface area contributed by atoms with E-state index < -0.39 is 6.10 Å². The molecule has 1 unspecified atom stereocenters. The summed E-state index contributed by atoms with van der Waals surface area (Å²) in [5.41, 5.74) is 2.67. The third-order valence-corrected chi connectivity index (χ3v) is 4.18. The van der Waals surface area contributed by atoms with E-state index in [9.17, 15) is 4.79 Å². The van der Waals surface area contributed by atoms with Gasteiger partial charge in [-0.2, -0.15) is 5.10 Å². The number of aromatic nitrogens is 4. The molecule has 8 heteroatoms. The maximum Gasteiger partial charge on any atom is 0.261 e. The van der Waals surface area contributed by atoms with Gasteiger partial charge in [0.05, 0.1) is 24.1 Å². The van der Waals surface area contributed by atoms with Gasteiger partial charge in [0, 0.05) is 12.7 Å². The second-order valence-corrected chi connectivity index (χ2v) is 6.35. The maximum absolute atomic E-state index is 12.3. The predicted octanol–water partition coefficient (Wildman–Crippen LogP) is 2.65. The fourth-order valence-electron chi connectivity index (χ4n) is 2.39. The molecule has 0 radical (unpaired) electrons. The van der Waals surface area contributed by atoms with Gasteiger partial charge in [0.2, 0.25) is 0 Å². The van der Waals surface area contributed by atoms with Crippen LogP contribution in [0.2, 0.25) is 5.02 Å². The van der Waals surface area contributed by atoms with Gasteiger partial charge in [-0.25, -0.2) is 4.68 Å². The van der Waals surface area contributed by atoms with Gasteiger partial charge in [0.25, 0.3) is 11.8 Å². The zero-order valence-electron chi connectivity index (χ0n) is 14.8. The van der Waals surface area contributed by atoms with Gasteiger partial charge in [0.1, 0.15) is 5.02 Å². The largest absolute Gasteiger partial charge is 0.462 e. The van der Waals surface area contributed by atoms with Crippen LogP contribution < -0.4 is 10.1 Å². The molecule has 1 amide bonds. The molecule has 3 aromatic rings. The van der Waals surface area contributed by atoms with Crippen LogP contribution in [0.25, 0.3) is 5.69 Å². The molecule has 1 atom stereocenters. The van der Waals surface area contributed by atoms with Crippen molar-refractivity contribution in [3.05, 3.63) is 59.0 Å². The molecular formula is C18H20ClN5O2. The first-order valence-electron chi connectivity index (χ1n) is 8.18. The lowest BCUT2D eigenvalue weighted by atomic mass is 10.3. The van der Waals surface area contributed by atoms with Crippen molar-refractivity contribution in [2.45, 2.75) is 26.5 Å². The van der Waals surface area contributed by atoms with Gasteiger partial charge in [-0.05, 0) is 32.0 Å². The van der Waals surface area contributed by atoms with Crippen LogP contribution >= 0.6 is 11.6 Å². The van der Waals surface area contributed by atoms with E-state index in [0.717, 1.165) is 17.1 Å². The molecule has 3 rings (SSSR count). The quantitative estimate of drug-likeness (QED) is 0.720. The molecule has 7 nitrogen and oxygen atoms in total. The normalized spacial score (nSPS) is 12.0. The number of hydrogen-bond acceptors (Lipinski definition) is 4. The van der Waals surface area contributed by atoms with Crippen molar-refractivity contribution in [2.75, 3.05) is 0 Å². The zero-order chi connectivity index (χ0) is 18.7. The summed E-state index contributed by atoms with van der Waals surface area (Å²) in [4.78, 5) is 12.3. The average Bonchev–Trinajstić information content (AvgIpc) is 3.16. The molecule has 1 N–H and O–H groups in total. The number of halogens is 1. The molecule has 136 valence electrons. The van der Waals surface area contributed by atoms with Crippen LogP contribution in [-0.2, 0) is 18.4 Å². The highest BCUT2D eigenvalue weighted by Crippen LogP contribution is 2.25. The number of amides is 1. The van der Waals surface area contributed by atoms with Crippen molar-refractivity contribution < 1.29 is 9.53 Å². The first-order chi connectivity index (χ1) is 12.4. The third kappa shape index (κ3) is 4.05. The molecular weight excluding hydrogens is 354 g/mol. The monoisotopic (exact) mass is 373 g/mol. The van der Waals surface area contributed by atoms with Crippen LogP contribution in [0.5, 0.6) is 5.88 Å². The molecule has 0 aliphatic carbocycles. The number of carbonyl (C=O) groups is 1. The molecule has 0 saturated heterocycles. The summed E-state index contributed by atoms with van der Waals surface area (Å²) < 4.78 is 9.00. The first-order valence-corrected chi connectivity index (χ1v) is 8.56. The number of hydrogen-bond donors (Lipinski definition) is 1. The van der Waals surface area contributed by atoms with E-state index in [2.05, 4.69) is 15.5 Å². The Morgan fingerprint density at radius 1 is 1.31 bits per heavy atom. The highest BCUT2D eigenvalue weighted by molar-refractivity contribution is 6.31. The molecule has 0 aliphatic rings. The van der Waals surface area contributed by atoms with Gasteiger partial charge in [0.15, 0.2) is 6.10 Å². The molecule has 0 spiro atoms. The van der Waals surface area contributed by atoms with Crippen LogP contribution in [0.1, 0.15) is 18.3 Å². The summed E-state index contributed by atoms with van der Waals surface area (Å²) in [6.07, 6.45) is 0.907. The summed E-state index contributed by atoms with van der Waals surface area (Å²) >= 11 is 6.18. The molecule has 26 heavy (non-hydrogen) atoms. The topological polar surface area (TPSA) is 74.0 Å². The molecule has 2 aromatic heterocycles. The summed E-state index contributed by atoms with van der Waals surface area (Å²) in [6, 6.07) is 11.4. The van der Waals surface area contributed by atoms with Gasteiger partial charge in [-0.3, -0.25) is 9.48 Å². The molecule has 1 aromatic carbocycles. The average molecular weight is 374 g/mol. The van der Waals surface area contributed by atoms with E-state index in [1.54, 1.807) is 22.5 Å². The van der Waals surface area contributed by atoms with E-state index in [-0.39, 0.29) is 11.8 Å². The van der Waals surface area contributed by atoms with Crippen LogP contribution in [0.4, 0.5) is 0 Å². The lowest BCUT2D eigenvalue weighted by molar-refractivity contribution is -0.127. The van der Waals surface area contributed by atoms with Crippen molar-refractivity contribution >= 4 is 17.5 Å². The van der Waals surface area contributed by atoms with Crippen molar-refractivity contribution in [2.24, 2.45) is 7.05 Å². The Kier molecular flexibility index (Phi) is 5.27. The molecule has 0 fully saturated rings. The number of ether oxygens (including phenoxy) is 1. The maximum atomic E-state index is 12.3. The highest BCUT2D eigenvalue weighted by Gasteiger charge is 2.19. The van der Waals surface area contributed by atoms with Gasteiger partial charge in [-0.1, -0.05) is 29.8 Å². The Balaban J connectivity index is 1.61. The lowest BCUT2D eigenvalue weighted by Crippen LogP contribution is -2.36. The Morgan fingerprint density at radius 2 is 2.04 bits per heavy atom. The summed E-state index contributed by atoms with van der Waals surface area (Å²) in [6.45, 7) is 3.94. The van der Waals surface area contributed by atoms with E-state index in [0.29, 0.717) is 11.6 Å². The second kappa shape index (κ2) is 7.61. The standard InChI is InChI=1S/C18H20ClN5O2/c1-12-9-14(21-23(12)3)10-20-17(25)13(2)26-18-16(19)11-24(22-18)15-7-5-4-6-8-15/h4-9,11,13H,10H2,1-3H3,(H,20,25). The Morgan fingerprint density at radius 3 is 2.69 bits per heavy atom. The summed E-state index contributed by atoms with van der Waals surface area (Å²) in [7, 11) is 1.86. The van der Waals surface area contributed by atoms with Crippen LogP contribution in [0.3, 0.4) is 0 Å². The van der Waals surface area contributed by atoms with E-state index in [1.807, 2.05) is 50.4 Å².